The van der Waals surface area contributed by atoms with Gasteiger partial charge < -0.3 is 5.73 Å². The molecule has 1 heterocycles. The van der Waals surface area contributed by atoms with Crippen molar-refractivity contribution in [2.45, 2.75) is 11.8 Å². The highest BCUT2D eigenvalue weighted by Crippen LogP contribution is 2.25. The topological polar surface area (TPSA) is 98.0 Å². The maximum absolute atomic E-state index is 13.9. The number of nitrogens with two attached hydrogens (primary N) is 1. The van der Waals surface area contributed by atoms with Crippen LogP contribution in [0, 0.1) is 24.6 Å². The van der Waals surface area contributed by atoms with Crippen molar-refractivity contribution in [2.75, 3.05) is 12.8 Å². The summed E-state index contributed by atoms with van der Waals surface area (Å²) in [5.41, 5.74) is 7.85. The first-order valence-electron chi connectivity index (χ1n) is 8.36. The molecule has 0 aliphatic carbocycles. The summed E-state index contributed by atoms with van der Waals surface area (Å²) < 4.78 is 40.1. The Bertz CT molecular complexity index is 1250. The Balaban J connectivity index is 2.04. The molecule has 3 rings (SSSR count). The lowest BCUT2D eigenvalue weighted by molar-refractivity contribution is 0.588. The van der Waals surface area contributed by atoms with Crippen LogP contribution in [0.25, 0.3) is 11.3 Å². The number of aromatic nitrogens is 2. The van der Waals surface area contributed by atoms with Gasteiger partial charge in [0.15, 0.2) is 11.5 Å². The normalized spacial score (nSPS) is 11.0. The molecule has 148 valence electrons. The summed E-state index contributed by atoms with van der Waals surface area (Å²) in [7, 11) is -2.21. The second kappa shape index (κ2) is 8.17. The zero-order valence-electron chi connectivity index (χ0n) is 15.5. The first-order chi connectivity index (χ1) is 13.7. The highest BCUT2D eigenvalue weighted by atomic mass is 35.5. The first kappa shape index (κ1) is 20.7. The molecule has 29 heavy (non-hydrogen) atoms. The van der Waals surface area contributed by atoms with Crippen LogP contribution in [0.2, 0.25) is 5.02 Å². The number of sulfonamides is 1. The SMILES string of the molecule is CNS(=O)(=O)c1ccc(-c2cnc(N)c(C#Cc3c(F)cccc3Cl)n2)c(C)c1. The molecule has 0 unspecified atom stereocenters. The molecule has 0 fully saturated rings. The summed E-state index contributed by atoms with van der Waals surface area (Å²) in [4.78, 5) is 8.63. The Morgan fingerprint density at radius 2 is 1.97 bits per heavy atom. The Kier molecular flexibility index (Phi) is 5.84. The van der Waals surface area contributed by atoms with Gasteiger partial charge in [0, 0.05) is 5.56 Å². The highest BCUT2D eigenvalue weighted by molar-refractivity contribution is 7.89. The fraction of sp³-hybridized carbons (Fsp3) is 0.100. The standard InChI is InChI=1S/C20H16ClFN4O2S/c1-12-10-13(29(27,28)24-2)6-7-14(12)19-11-25-20(23)18(26-19)9-8-15-16(21)4-3-5-17(15)22/h3-7,10-11,24H,1-2H3,(H2,23,25). The molecule has 0 saturated heterocycles. The molecule has 9 heteroatoms. The smallest absolute Gasteiger partial charge is 0.240 e. The number of benzene rings is 2. The maximum Gasteiger partial charge on any atom is 0.240 e. The third-order valence-corrected chi connectivity index (χ3v) is 5.85. The van der Waals surface area contributed by atoms with E-state index in [-0.39, 0.29) is 27.0 Å². The Morgan fingerprint density at radius 1 is 1.21 bits per heavy atom. The van der Waals surface area contributed by atoms with E-state index in [2.05, 4.69) is 26.5 Å². The molecular formula is C20H16ClFN4O2S. The van der Waals surface area contributed by atoms with Crippen molar-refractivity contribution in [3.05, 3.63) is 70.3 Å². The van der Waals surface area contributed by atoms with E-state index in [1.807, 2.05) is 0 Å². The monoisotopic (exact) mass is 430 g/mol. The van der Waals surface area contributed by atoms with E-state index in [0.717, 1.165) is 0 Å². The van der Waals surface area contributed by atoms with E-state index in [9.17, 15) is 12.8 Å². The van der Waals surface area contributed by atoms with Crippen molar-refractivity contribution in [1.82, 2.24) is 14.7 Å². The summed E-state index contributed by atoms with van der Waals surface area (Å²) >= 11 is 5.98. The van der Waals surface area contributed by atoms with Crippen LogP contribution in [-0.4, -0.2) is 25.4 Å². The average molecular weight is 431 g/mol. The van der Waals surface area contributed by atoms with E-state index >= 15 is 0 Å². The van der Waals surface area contributed by atoms with Gasteiger partial charge in [-0.25, -0.2) is 27.5 Å². The number of nitrogens with one attached hydrogen (secondary N) is 1. The second-order valence-corrected chi connectivity index (χ2v) is 8.31. The van der Waals surface area contributed by atoms with Gasteiger partial charge in [-0.1, -0.05) is 29.7 Å². The molecular weight excluding hydrogens is 415 g/mol. The van der Waals surface area contributed by atoms with Crippen molar-refractivity contribution in [2.24, 2.45) is 0 Å². The molecule has 3 N–H and O–H groups in total. The number of rotatable bonds is 3. The summed E-state index contributed by atoms with van der Waals surface area (Å²) in [5, 5.41) is 0.178. The van der Waals surface area contributed by atoms with Crippen LogP contribution in [0.5, 0.6) is 0 Å². The molecule has 0 atom stereocenters. The molecule has 0 bridgehead atoms. The molecule has 1 aromatic heterocycles. The van der Waals surface area contributed by atoms with Gasteiger partial charge in [-0.3, -0.25) is 0 Å². The summed E-state index contributed by atoms with van der Waals surface area (Å²) in [6, 6.07) is 8.90. The number of hydrogen-bond acceptors (Lipinski definition) is 5. The van der Waals surface area contributed by atoms with Crippen LogP contribution in [0.15, 0.2) is 47.5 Å². The van der Waals surface area contributed by atoms with E-state index in [1.54, 1.807) is 13.0 Å². The lowest BCUT2D eigenvalue weighted by Gasteiger charge is -2.09. The van der Waals surface area contributed by atoms with E-state index < -0.39 is 15.8 Å². The highest BCUT2D eigenvalue weighted by Gasteiger charge is 2.14. The van der Waals surface area contributed by atoms with Crippen molar-refractivity contribution < 1.29 is 12.8 Å². The van der Waals surface area contributed by atoms with Crippen LogP contribution in [0.1, 0.15) is 16.8 Å². The first-order valence-corrected chi connectivity index (χ1v) is 10.2. The number of halogens is 2. The second-order valence-electron chi connectivity index (χ2n) is 6.02. The average Bonchev–Trinajstić information content (AvgIpc) is 2.69. The molecule has 3 aromatic rings. The predicted molar refractivity (Wildman–Crippen MR) is 110 cm³/mol. The number of hydrogen-bond donors (Lipinski definition) is 2. The van der Waals surface area contributed by atoms with E-state index in [4.69, 9.17) is 17.3 Å². The van der Waals surface area contributed by atoms with Gasteiger partial charge in [-0.05, 0) is 49.7 Å². The van der Waals surface area contributed by atoms with E-state index in [0.29, 0.717) is 16.8 Å². The number of anilines is 1. The zero-order valence-corrected chi connectivity index (χ0v) is 17.1. The molecule has 0 aliphatic rings. The third kappa shape index (κ3) is 4.38. The van der Waals surface area contributed by atoms with Crippen molar-refractivity contribution in [3.8, 4) is 23.1 Å². The fourth-order valence-corrected chi connectivity index (χ4v) is 3.59. The van der Waals surface area contributed by atoms with Crippen molar-refractivity contribution >= 4 is 27.4 Å². The fourth-order valence-electron chi connectivity index (χ4n) is 2.57. The van der Waals surface area contributed by atoms with Gasteiger partial charge in [-0.15, -0.1) is 0 Å². The van der Waals surface area contributed by atoms with Crippen LogP contribution in [-0.2, 0) is 10.0 Å². The summed E-state index contributed by atoms with van der Waals surface area (Å²) in [6.45, 7) is 1.76. The minimum absolute atomic E-state index is 0.0403. The molecule has 2 aromatic carbocycles. The maximum atomic E-state index is 13.9. The van der Waals surface area contributed by atoms with Crippen molar-refractivity contribution in [1.29, 1.82) is 0 Å². The van der Waals surface area contributed by atoms with Gasteiger partial charge in [0.05, 0.1) is 27.4 Å². The summed E-state index contributed by atoms with van der Waals surface area (Å²) in [5.74, 6) is 4.88. The number of nitrogen functional groups attached to an aromatic ring is 1. The molecule has 0 aliphatic heterocycles. The lowest BCUT2D eigenvalue weighted by atomic mass is 10.1. The zero-order chi connectivity index (χ0) is 21.2. The van der Waals surface area contributed by atoms with Gasteiger partial charge in [0.25, 0.3) is 0 Å². The minimum atomic E-state index is -3.56. The minimum Gasteiger partial charge on any atom is -0.381 e. The Morgan fingerprint density at radius 3 is 2.62 bits per heavy atom. The third-order valence-electron chi connectivity index (χ3n) is 4.12. The van der Waals surface area contributed by atoms with Gasteiger partial charge >= 0.3 is 0 Å². The number of aryl methyl sites for hydroxylation is 1. The molecule has 0 spiro atoms. The predicted octanol–water partition coefficient (Wildman–Crippen LogP) is 3.13. The quantitative estimate of drug-likeness (QED) is 0.622. The molecule has 0 amide bonds. The van der Waals surface area contributed by atoms with Crippen LogP contribution in [0.3, 0.4) is 0 Å². The van der Waals surface area contributed by atoms with Gasteiger partial charge in [-0.2, -0.15) is 0 Å². The summed E-state index contributed by atoms with van der Waals surface area (Å²) in [6.07, 6.45) is 1.46. The van der Waals surface area contributed by atoms with Crippen LogP contribution >= 0.6 is 11.6 Å². The van der Waals surface area contributed by atoms with E-state index in [1.165, 1.54) is 43.6 Å². The number of nitrogens with zero attached hydrogens (tertiary/aromatic N) is 2. The van der Waals surface area contributed by atoms with Crippen LogP contribution < -0.4 is 10.5 Å². The van der Waals surface area contributed by atoms with Gasteiger partial charge in [0.2, 0.25) is 10.0 Å². The Hall–Kier alpha value is -2.99. The van der Waals surface area contributed by atoms with Crippen molar-refractivity contribution in [3.63, 3.8) is 0 Å². The lowest BCUT2D eigenvalue weighted by Crippen LogP contribution is -2.18. The molecule has 0 saturated carbocycles. The molecule has 0 radical (unpaired) electrons. The van der Waals surface area contributed by atoms with Crippen LogP contribution in [0.4, 0.5) is 10.2 Å². The Labute approximate surface area is 173 Å². The largest absolute Gasteiger partial charge is 0.381 e. The molecule has 6 nitrogen and oxygen atoms in total. The van der Waals surface area contributed by atoms with Gasteiger partial charge in [0.1, 0.15) is 5.82 Å².